The summed E-state index contributed by atoms with van der Waals surface area (Å²) in [6.45, 7) is 0.357. The SMILES string of the molecule is NC(=O)CCNc1ccccc1F. The lowest BCUT2D eigenvalue weighted by Crippen LogP contribution is -2.16. The fourth-order valence-corrected chi connectivity index (χ4v) is 0.925. The Hall–Kier alpha value is -1.58. The van der Waals surface area contributed by atoms with E-state index in [2.05, 4.69) is 5.32 Å². The van der Waals surface area contributed by atoms with Crippen molar-refractivity contribution in [1.29, 1.82) is 0 Å². The topological polar surface area (TPSA) is 55.1 Å². The fraction of sp³-hybridized carbons (Fsp3) is 0.222. The van der Waals surface area contributed by atoms with Gasteiger partial charge in [-0.3, -0.25) is 4.79 Å². The van der Waals surface area contributed by atoms with E-state index in [1.165, 1.54) is 6.07 Å². The summed E-state index contributed by atoms with van der Waals surface area (Å²) in [5.41, 5.74) is 5.31. The molecule has 4 heteroatoms. The van der Waals surface area contributed by atoms with E-state index >= 15 is 0 Å². The van der Waals surface area contributed by atoms with E-state index in [0.29, 0.717) is 12.2 Å². The Morgan fingerprint density at radius 1 is 1.46 bits per heavy atom. The minimum Gasteiger partial charge on any atom is -0.382 e. The largest absolute Gasteiger partial charge is 0.382 e. The van der Waals surface area contributed by atoms with Crippen LogP contribution in [-0.4, -0.2) is 12.5 Å². The monoisotopic (exact) mass is 182 g/mol. The van der Waals surface area contributed by atoms with E-state index in [9.17, 15) is 9.18 Å². The molecule has 70 valence electrons. The molecule has 1 amide bonds. The molecule has 1 aromatic rings. The van der Waals surface area contributed by atoms with Crippen LogP contribution in [0.3, 0.4) is 0 Å². The maximum atomic E-state index is 12.9. The van der Waals surface area contributed by atoms with Crippen LogP contribution >= 0.6 is 0 Å². The average Bonchev–Trinajstić information content (AvgIpc) is 2.08. The summed E-state index contributed by atoms with van der Waals surface area (Å²) in [5.74, 6) is -0.726. The Labute approximate surface area is 75.7 Å². The van der Waals surface area contributed by atoms with Gasteiger partial charge in [0.15, 0.2) is 0 Å². The van der Waals surface area contributed by atoms with E-state index in [4.69, 9.17) is 5.73 Å². The smallest absolute Gasteiger partial charge is 0.219 e. The summed E-state index contributed by atoms with van der Waals surface area (Å²) in [5, 5.41) is 2.77. The van der Waals surface area contributed by atoms with Crippen LogP contribution < -0.4 is 11.1 Å². The first-order valence-corrected chi connectivity index (χ1v) is 3.97. The molecule has 0 bridgehead atoms. The molecule has 1 aromatic carbocycles. The molecule has 0 radical (unpaired) electrons. The second-order valence-electron chi connectivity index (χ2n) is 2.62. The minimum absolute atomic E-state index is 0.203. The van der Waals surface area contributed by atoms with Crippen LogP contribution in [0, 0.1) is 5.82 Å². The zero-order chi connectivity index (χ0) is 9.68. The first kappa shape index (κ1) is 9.51. The lowest BCUT2D eigenvalue weighted by molar-refractivity contribution is -0.117. The van der Waals surface area contributed by atoms with E-state index in [-0.39, 0.29) is 12.2 Å². The molecule has 0 saturated heterocycles. The zero-order valence-electron chi connectivity index (χ0n) is 7.09. The molecule has 0 saturated carbocycles. The van der Waals surface area contributed by atoms with Gasteiger partial charge in [0.2, 0.25) is 5.91 Å². The predicted octanol–water partition coefficient (Wildman–Crippen LogP) is 1.11. The van der Waals surface area contributed by atoms with E-state index in [1.54, 1.807) is 18.2 Å². The predicted molar refractivity (Wildman–Crippen MR) is 48.7 cm³/mol. The number of amides is 1. The number of benzene rings is 1. The van der Waals surface area contributed by atoms with Crippen LogP contribution in [0.25, 0.3) is 0 Å². The molecule has 0 aliphatic carbocycles. The highest BCUT2D eigenvalue weighted by molar-refractivity contribution is 5.74. The number of halogens is 1. The van der Waals surface area contributed by atoms with Gasteiger partial charge in [-0.25, -0.2) is 4.39 Å². The number of carbonyl (C=O) groups is 1. The Bertz CT molecular complexity index is 301. The fourth-order valence-electron chi connectivity index (χ4n) is 0.925. The van der Waals surface area contributed by atoms with Crippen LogP contribution in [0.4, 0.5) is 10.1 Å². The number of nitrogens with two attached hydrogens (primary N) is 1. The van der Waals surface area contributed by atoms with Crippen molar-refractivity contribution in [1.82, 2.24) is 0 Å². The highest BCUT2D eigenvalue weighted by Crippen LogP contribution is 2.11. The van der Waals surface area contributed by atoms with Crippen LogP contribution in [0.5, 0.6) is 0 Å². The standard InChI is InChI=1S/C9H11FN2O/c10-7-3-1-2-4-8(7)12-6-5-9(11)13/h1-4,12H,5-6H2,(H2,11,13). The number of hydrogen-bond donors (Lipinski definition) is 2. The molecule has 0 unspecified atom stereocenters. The average molecular weight is 182 g/mol. The summed E-state index contributed by atoms with van der Waals surface area (Å²) >= 11 is 0. The molecule has 0 aromatic heterocycles. The quantitative estimate of drug-likeness (QED) is 0.732. The molecule has 0 aliphatic heterocycles. The number of para-hydroxylation sites is 1. The van der Waals surface area contributed by atoms with Gasteiger partial charge in [-0.05, 0) is 12.1 Å². The van der Waals surface area contributed by atoms with Crippen molar-refractivity contribution < 1.29 is 9.18 Å². The van der Waals surface area contributed by atoms with Gasteiger partial charge in [-0.15, -0.1) is 0 Å². The van der Waals surface area contributed by atoms with E-state index in [0.717, 1.165) is 0 Å². The highest BCUT2D eigenvalue weighted by atomic mass is 19.1. The van der Waals surface area contributed by atoms with Crippen molar-refractivity contribution in [3.63, 3.8) is 0 Å². The summed E-state index contributed by atoms with van der Waals surface area (Å²) in [6, 6.07) is 6.28. The first-order valence-electron chi connectivity index (χ1n) is 3.97. The third-order valence-corrected chi connectivity index (χ3v) is 1.56. The lowest BCUT2D eigenvalue weighted by atomic mass is 10.3. The van der Waals surface area contributed by atoms with Crippen molar-refractivity contribution in [2.45, 2.75) is 6.42 Å². The Kier molecular flexibility index (Phi) is 3.25. The molecule has 0 fully saturated rings. The maximum absolute atomic E-state index is 12.9. The third-order valence-electron chi connectivity index (χ3n) is 1.56. The summed E-state index contributed by atoms with van der Waals surface area (Å²) < 4.78 is 12.9. The molecule has 3 N–H and O–H groups in total. The molecule has 1 rings (SSSR count). The molecule has 0 aliphatic rings. The van der Waals surface area contributed by atoms with Crippen molar-refractivity contribution in [3.05, 3.63) is 30.1 Å². The Morgan fingerprint density at radius 2 is 2.15 bits per heavy atom. The van der Waals surface area contributed by atoms with Gasteiger partial charge in [0.05, 0.1) is 5.69 Å². The number of nitrogens with one attached hydrogen (secondary N) is 1. The van der Waals surface area contributed by atoms with Crippen molar-refractivity contribution >= 4 is 11.6 Å². The Morgan fingerprint density at radius 3 is 2.77 bits per heavy atom. The molecule has 0 heterocycles. The van der Waals surface area contributed by atoms with Gasteiger partial charge in [0.1, 0.15) is 5.82 Å². The van der Waals surface area contributed by atoms with Crippen LogP contribution in [0.1, 0.15) is 6.42 Å². The van der Waals surface area contributed by atoms with E-state index in [1.807, 2.05) is 0 Å². The van der Waals surface area contributed by atoms with Crippen LogP contribution in [-0.2, 0) is 4.79 Å². The number of anilines is 1. The summed E-state index contributed by atoms with van der Waals surface area (Å²) in [6.07, 6.45) is 0.203. The molecular weight excluding hydrogens is 171 g/mol. The van der Waals surface area contributed by atoms with Gasteiger partial charge in [-0.1, -0.05) is 12.1 Å². The second kappa shape index (κ2) is 4.45. The van der Waals surface area contributed by atoms with Crippen LogP contribution in [0.2, 0.25) is 0 Å². The minimum atomic E-state index is -0.399. The molecule has 0 spiro atoms. The summed E-state index contributed by atoms with van der Waals surface area (Å²) in [4.78, 5) is 10.4. The Balaban J connectivity index is 2.45. The van der Waals surface area contributed by atoms with Gasteiger partial charge >= 0.3 is 0 Å². The zero-order valence-corrected chi connectivity index (χ0v) is 7.09. The normalized spacial score (nSPS) is 9.62. The second-order valence-corrected chi connectivity index (χ2v) is 2.62. The lowest BCUT2D eigenvalue weighted by Gasteiger charge is -2.04. The molecule has 3 nitrogen and oxygen atoms in total. The van der Waals surface area contributed by atoms with Gasteiger partial charge in [0.25, 0.3) is 0 Å². The molecular formula is C9H11FN2O. The summed E-state index contributed by atoms with van der Waals surface area (Å²) in [7, 11) is 0. The molecule has 0 atom stereocenters. The van der Waals surface area contributed by atoms with Crippen molar-refractivity contribution in [3.8, 4) is 0 Å². The van der Waals surface area contributed by atoms with Gasteiger partial charge < -0.3 is 11.1 Å². The number of rotatable bonds is 4. The first-order chi connectivity index (χ1) is 6.20. The van der Waals surface area contributed by atoms with Crippen molar-refractivity contribution in [2.75, 3.05) is 11.9 Å². The van der Waals surface area contributed by atoms with Crippen LogP contribution in [0.15, 0.2) is 24.3 Å². The van der Waals surface area contributed by atoms with E-state index < -0.39 is 5.91 Å². The number of primary amides is 1. The number of carbonyl (C=O) groups excluding carboxylic acids is 1. The number of hydrogen-bond acceptors (Lipinski definition) is 2. The third kappa shape index (κ3) is 3.11. The maximum Gasteiger partial charge on any atom is 0.219 e. The van der Waals surface area contributed by atoms with Crippen molar-refractivity contribution in [2.24, 2.45) is 5.73 Å². The highest BCUT2D eigenvalue weighted by Gasteiger charge is 1.99. The van der Waals surface area contributed by atoms with Gasteiger partial charge in [0, 0.05) is 13.0 Å². The molecule has 13 heavy (non-hydrogen) atoms. The van der Waals surface area contributed by atoms with Gasteiger partial charge in [-0.2, -0.15) is 0 Å².